The van der Waals surface area contributed by atoms with Gasteiger partial charge in [0, 0.05) is 28.1 Å². The zero-order chi connectivity index (χ0) is 16.7. The van der Waals surface area contributed by atoms with Crippen molar-refractivity contribution in [3.05, 3.63) is 63.7 Å². The van der Waals surface area contributed by atoms with Crippen molar-refractivity contribution in [2.75, 3.05) is 0 Å². The number of benzene rings is 2. The number of nitrogens with zero attached hydrogens (tertiary/aromatic N) is 3. The van der Waals surface area contributed by atoms with Gasteiger partial charge in [-0.25, -0.2) is 0 Å². The third-order valence-electron chi connectivity index (χ3n) is 3.42. The number of halogens is 1. The molecular formula is C16H8ClN3O4. The Morgan fingerprint density at radius 1 is 1.00 bits per heavy atom. The Bertz CT molecular complexity index is 1070. The van der Waals surface area contributed by atoms with Crippen LogP contribution >= 0.6 is 11.6 Å². The summed E-state index contributed by atoms with van der Waals surface area (Å²) in [6.07, 6.45) is 0. The summed E-state index contributed by atoms with van der Waals surface area (Å²) in [5, 5.41) is 19.9. The van der Waals surface area contributed by atoms with E-state index in [4.69, 9.17) is 20.4 Å². The van der Waals surface area contributed by atoms with Gasteiger partial charge in [-0.2, -0.15) is 0 Å². The van der Waals surface area contributed by atoms with Crippen molar-refractivity contribution in [2.45, 2.75) is 0 Å². The monoisotopic (exact) mass is 341 g/mol. The second-order valence-electron chi connectivity index (χ2n) is 5.01. The van der Waals surface area contributed by atoms with Gasteiger partial charge < -0.3 is 8.83 Å². The second kappa shape index (κ2) is 5.47. The molecule has 7 nitrogen and oxygen atoms in total. The van der Waals surface area contributed by atoms with E-state index in [0.717, 1.165) is 0 Å². The molecule has 0 N–H and O–H groups in total. The molecular weight excluding hydrogens is 334 g/mol. The van der Waals surface area contributed by atoms with Gasteiger partial charge in [0.25, 0.3) is 11.6 Å². The molecule has 8 heteroatoms. The number of fused-ring (bicyclic) bond motifs is 1. The van der Waals surface area contributed by atoms with Crippen LogP contribution in [0.15, 0.2) is 57.4 Å². The molecule has 4 aromatic rings. The van der Waals surface area contributed by atoms with E-state index in [1.54, 1.807) is 30.3 Å². The summed E-state index contributed by atoms with van der Waals surface area (Å²) in [6.45, 7) is 0. The van der Waals surface area contributed by atoms with E-state index in [2.05, 4.69) is 10.2 Å². The van der Waals surface area contributed by atoms with Crippen LogP contribution in [-0.4, -0.2) is 15.1 Å². The van der Waals surface area contributed by atoms with Crippen LogP contribution < -0.4 is 0 Å². The standard InChI is InChI=1S/C16H8ClN3O4/c17-11-3-1-2-9(6-11)15-18-19-16(24-15)14-8-10-7-12(20(21)22)4-5-13(10)23-14/h1-8H. The molecule has 2 aromatic carbocycles. The van der Waals surface area contributed by atoms with Crippen LogP contribution in [-0.2, 0) is 0 Å². The molecule has 0 aliphatic heterocycles. The third-order valence-corrected chi connectivity index (χ3v) is 3.65. The molecule has 0 unspecified atom stereocenters. The summed E-state index contributed by atoms with van der Waals surface area (Å²) in [5.74, 6) is 0.828. The molecule has 2 aromatic heterocycles. The van der Waals surface area contributed by atoms with Crippen LogP contribution in [0.2, 0.25) is 5.02 Å². The number of non-ortho nitro benzene ring substituents is 1. The summed E-state index contributed by atoms with van der Waals surface area (Å²) >= 11 is 5.95. The van der Waals surface area contributed by atoms with Gasteiger partial charge in [0.05, 0.1) is 4.92 Å². The SMILES string of the molecule is O=[N+]([O-])c1ccc2oc(-c3nnc(-c4cccc(Cl)c4)o3)cc2c1. The van der Waals surface area contributed by atoms with E-state index in [0.29, 0.717) is 33.2 Å². The minimum absolute atomic E-state index is 0.0139. The number of nitro benzene ring substituents is 1. The normalized spacial score (nSPS) is 11.0. The van der Waals surface area contributed by atoms with Gasteiger partial charge in [-0.1, -0.05) is 17.7 Å². The van der Waals surface area contributed by atoms with Crippen molar-refractivity contribution >= 4 is 28.3 Å². The quantitative estimate of drug-likeness (QED) is 0.395. The molecule has 0 fully saturated rings. The van der Waals surface area contributed by atoms with Crippen molar-refractivity contribution < 1.29 is 13.8 Å². The van der Waals surface area contributed by atoms with E-state index in [-0.39, 0.29) is 11.6 Å². The van der Waals surface area contributed by atoms with Crippen molar-refractivity contribution in [1.82, 2.24) is 10.2 Å². The smallest absolute Gasteiger partial charge is 0.283 e. The van der Waals surface area contributed by atoms with E-state index >= 15 is 0 Å². The maximum atomic E-state index is 10.8. The summed E-state index contributed by atoms with van der Waals surface area (Å²) in [5.41, 5.74) is 1.17. The number of hydrogen-bond acceptors (Lipinski definition) is 6. The molecule has 0 saturated carbocycles. The summed E-state index contributed by atoms with van der Waals surface area (Å²) < 4.78 is 11.2. The molecule has 0 aliphatic rings. The number of aromatic nitrogens is 2. The van der Waals surface area contributed by atoms with Crippen LogP contribution in [0.3, 0.4) is 0 Å². The lowest BCUT2D eigenvalue weighted by Crippen LogP contribution is -1.85. The van der Waals surface area contributed by atoms with E-state index in [9.17, 15) is 10.1 Å². The van der Waals surface area contributed by atoms with Gasteiger partial charge in [-0.3, -0.25) is 10.1 Å². The van der Waals surface area contributed by atoms with E-state index in [1.807, 2.05) is 0 Å². The first kappa shape index (κ1) is 14.4. The first-order chi connectivity index (χ1) is 11.6. The van der Waals surface area contributed by atoms with E-state index < -0.39 is 4.92 Å². The number of nitro groups is 1. The van der Waals surface area contributed by atoms with Crippen molar-refractivity contribution in [2.24, 2.45) is 0 Å². The highest BCUT2D eigenvalue weighted by molar-refractivity contribution is 6.30. The Labute approximate surface area is 139 Å². The van der Waals surface area contributed by atoms with Crippen LogP contribution in [0, 0.1) is 10.1 Å². The predicted octanol–water partition coefficient (Wildman–Crippen LogP) is 4.71. The van der Waals surface area contributed by atoms with Crippen LogP contribution in [0.5, 0.6) is 0 Å². The zero-order valence-electron chi connectivity index (χ0n) is 12.0. The minimum Gasteiger partial charge on any atom is -0.451 e. The first-order valence-electron chi connectivity index (χ1n) is 6.88. The highest BCUT2D eigenvalue weighted by Gasteiger charge is 2.16. The maximum absolute atomic E-state index is 10.8. The molecule has 0 bridgehead atoms. The fourth-order valence-corrected chi connectivity index (χ4v) is 2.50. The van der Waals surface area contributed by atoms with Crippen molar-refractivity contribution in [3.63, 3.8) is 0 Å². The Kier molecular flexibility index (Phi) is 3.28. The first-order valence-corrected chi connectivity index (χ1v) is 7.26. The molecule has 24 heavy (non-hydrogen) atoms. The molecule has 0 aliphatic carbocycles. The molecule has 0 saturated heterocycles. The third kappa shape index (κ3) is 2.50. The second-order valence-corrected chi connectivity index (χ2v) is 5.45. The Balaban J connectivity index is 1.74. The van der Waals surface area contributed by atoms with Gasteiger partial charge in [0.2, 0.25) is 5.89 Å². The van der Waals surface area contributed by atoms with Crippen LogP contribution in [0.1, 0.15) is 0 Å². The highest BCUT2D eigenvalue weighted by atomic mass is 35.5. The fraction of sp³-hybridized carbons (Fsp3) is 0. The molecule has 0 atom stereocenters. The Morgan fingerprint density at radius 2 is 1.83 bits per heavy atom. The van der Waals surface area contributed by atoms with Crippen molar-refractivity contribution in [1.29, 1.82) is 0 Å². The lowest BCUT2D eigenvalue weighted by molar-refractivity contribution is -0.384. The molecule has 2 heterocycles. The van der Waals surface area contributed by atoms with Crippen LogP contribution in [0.4, 0.5) is 5.69 Å². The molecule has 0 spiro atoms. The number of rotatable bonds is 3. The van der Waals surface area contributed by atoms with Gasteiger partial charge in [-0.05, 0) is 30.3 Å². The Hall–Kier alpha value is -3.19. The zero-order valence-corrected chi connectivity index (χ0v) is 12.7. The average molecular weight is 342 g/mol. The largest absolute Gasteiger partial charge is 0.451 e. The maximum Gasteiger partial charge on any atom is 0.283 e. The van der Waals surface area contributed by atoms with Gasteiger partial charge >= 0.3 is 0 Å². The van der Waals surface area contributed by atoms with Gasteiger partial charge in [0.1, 0.15) is 5.58 Å². The lowest BCUT2D eigenvalue weighted by atomic mass is 10.2. The summed E-state index contributed by atoms with van der Waals surface area (Å²) in [7, 11) is 0. The topological polar surface area (TPSA) is 95.2 Å². The van der Waals surface area contributed by atoms with Gasteiger partial charge in [-0.15, -0.1) is 10.2 Å². The van der Waals surface area contributed by atoms with Crippen molar-refractivity contribution in [3.8, 4) is 23.1 Å². The minimum atomic E-state index is -0.462. The number of hydrogen-bond donors (Lipinski definition) is 0. The average Bonchev–Trinajstić information content (AvgIpc) is 3.20. The molecule has 0 amide bonds. The number of furan rings is 1. The summed E-state index contributed by atoms with van der Waals surface area (Å²) in [6, 6.07) is 13.0. The lowest BCUT2D eigenvalue weighted by Gasteiger charge is -1.94. The predicted molar refractivity (Wildman–Crippen MR) is 86.6 cm³/mol. The highest BCUT2D eigenvalue weighted by Crippen LogP contribution is 2.31. The Morgan fingerprint density at radius 3 is 2.62 bits per heavy atom. The van der Waals surface area contributed by atoms with Crippen LogP contribution in [0.25, 0.3) is 34.1 Å². The molecule has 118 valence electrons. The molecule has 0 radical (unpaired) electrons. The summed E-state index contributed by atoms with van der Waals surface area (Å²) in [4.78, 5) is 10.4. The fourth-order valence-electron chi connectivity index (χ4n) is 2.31. The van der Waals surface area contributed by atoms with E-state index in [1.165, 1.54) is 18.2 Å². The van der Waals surface area contributed by atoms with Gasteiger partial charge in [0.15, 0.2) is 5.76 Å². The molecule has 4 rings (SSSR count).